The fourth-order valence-electron chi connectivity index (χ4n) is 9.66. The molecule has 0 aliphatic carbocycles. The van der Waals surface area contributed by atoms with Crippen LogP contribution in [0.25, 0.3) is 53.7 Å². The lowest BCUT2D eigenvalue weighted by Gasteiger charge is -2.01. The Morgan fingerprint density at radius 3 is 1.07 bits per heavy atom. The first kappa shape index (κ1) is 119. The third-order valence-electron chi connectivity index (χ3n) is 16.7. The molecule has 12 aromatic carbocycles. The lowest BCUT2D eigenvalue weighted by molar-refractivity contribution is -0.131. The van der Waals surface area contributed by atoms with Gasteiger partial charge in [-0.25, -0.2) is 53.4 Å². The van der Waals surface area contributed by atoms with Gasteiger partial charge < -0.3 is 51.5 Å². The molecule has 0 aliphatic heterocycles. The summed E-state index contributed by atoms with van der Waals surface area (Å²) in [6.45, 7) is 0.178. The molecule has 0 bridgehead atoms. The van der Waals surface area contributed by atoms with E-state index in [4.69, 9.17) is 83.1 Å². The average molecular weight is 1940 g/mol. The number of benzene rings is 12. The predicted molar refractivity (Wildman–Crippen MR) is 527 cm³/mol. The number of carboxylic acids is 1. The molecule has 37 nitrogen and oxygen atoms in total. The van der Waals surface area contributed by atoms with E-state index in [1.54, 1.807) is 181 Å². The molecule has 12 aromatic rings. The van der Waals surface area contributed by atoms with E-state index < -0.39 is 41.4 Å². The summed E-state index contributed by atoms with van der Waals surface area (Å²) in [6, 6.07) is 89.6. The molecule has 0 aliphatic rings. The van der Waals surface area contributed by atoms with Crippen molar-refractivity contribution in [3.05, 3.63) is 425 Å². The molecular formula is C104H104FN11O26. The summed E-state index contributed by atoms with van der Waals surface area (Å²) in [4.78, 5) is 117. The second-order valence-electron chi connectivity index (χ2n) is 27.1. The molecule has 12 rings (SSSR count). The van der Waals surface area contributed by atoms with Crippen molar-refractivity contribution in [1.29, 1.82) is 0 Å². The molecule has 0 saturated heterocycles. The molecule has 38 heteroatoms. The number of aliphatic hydroxyl groups is 1. The topological polar surface area (TPSA) is 638 Å². The highest BCUT2D eigenvalue weighted by Gasteiger charge is 2.09. The minimum Gasteiger partial charge on any atom is -0.508 e. The van der Waals surface area contributed by atoms with Crippen LogP contribution in [0.1, 0.15) is 77.2 Å². The first-order valence-corrected chi connectivity index (χ1v) is 41.3. The van der Waals surface area contributed by atoms with Gasteiger partial charge in [-0.15, -0.1) is 0 Å². The van der Waals surface area contributed by atoms with Gasteiger partial charge in [0.15, 0.2) is 11.5 Å². The third kappa shape index (κ3) is 57.5. The molecule has 0 fully saturated rings. The number of para-hydroxylation sites is 1. The number of halogens is 1. The number of phenols is 6. The Morgan fingerprint density at radius 1 is 0.338 bits per heavy atom. The molecule has 10 amide bonds. The number of carboxylic acid groups (broad SMARTS) is 1. The van der Waals surface area contributed by atoms with Gasteiger partial charge in [0.1, 0.15) is 28.8 Å². The molecule has 738 valence electrons. The highest BCUT2D eigenvalue weighted by atomic mass is 19.1. The number of rotatable bonds is 22. The van der Waals surface area contributed by atoms with Crippen LogP contribution in [0.3, 0.4) is 0 Å². The Hall–Kier alpha value is -19.1. The summed E-state index contributed by atoms with van der Waals surface area (Å²) in [6.07, 6.45) is 20.9. The van der Waals surface area contributed by atoms with Crippen LogP contribution >= 0.6 is 0 Å². The maximum absolute atomic E-state index is 12.4. The van der Waals surface area contributed by atoms with Gasteiger partial charge >= 0.3 is 5.97 Å². The largest absolute Gasteiger partial charge is 0.508 e. The van der Waals surface area contributed by atoms with E-state index >= 15 is 0 Å². The number of aliphatic carboxylic acids is 1. The van der Waals surface area contributed by atoms with Gasteiger partial charge in [0.05, 0.1) is 12.2 Å². The van der Waals surface area contributed by atoms with Crippen LogP contribution in [0, 0.1) is 17.7 Å². The summed E-state index contributed by atoms with van der Waals surface area (Å²) in [5.41, 5.74) is 22.6. The lowest BCUT2D eigenvalue weighted by atomic mass is 10.0. The number of nitrogens with two attached hydrogens (primary N) is 1. The zero-order valence-electron chi connectivity index (χ0n) is 75.6. The van der Waals surface area contributed by atoms with Crippen molar-refractivity contribution in [3.8, 4) is 57.5 Å². The summed E-state index contributed by atoms with van der Waals surface area (Å²) in [5, 5.41) is 133. The van der Waals surface area contributed by atoms with Crippen LogP contribution in [-0.4, -0.2) is 163 Å². The molecule has 27 N–H and O–H groups in total. The molecule has 0 spiro atoms. The number of aryl methyl sites for hydroxylation is 1. The summed E-state index contributed by atoms with van der Waals surface area (Å²) < 4.78 is 12.4. The van der Waals surface area contributed by atoms with Gasteiger partial charge in [-0.3, -0.25) is 89.8 Å². The Morgan fingerprint density at radius 2 is 0.683 bits per heavy atom. The second kappa shape index (κ2) is 73.3. The molecule has 0 saturated carbocycles. The standard InChI is InChI=1S/C15H13NO2.C11H13NO3.C10H11NO2.C9H8FNO2.C9H10N2O2.C9H9NO4.C9H11NO2.C9H9NO2.C9H6O2.C7H7NO3.C7H7NO2/c17-15(16-18)11-8-12-6-9-14(10-7-12)13-4-2-1-3-5-13;13-8-7-12-11(15)6-3-9-1-4-10(14)5-2-9;1-11-10(13)7-4-8-2-5-9(12)6-3-8;10-8-4-1-7(2-5-8)3-6-9(12)11-13;10-11-9(13)6-3-7-1-4-8(12)5-2-7;11-7-3-1-6(5-8(7)12)2-4-9(13)10-14;2*11-9(10-12)7-6-8-4-2-1-3-5-8;10-9(11)7-6-8-4-2-1-3-5-8;9-6-4-2-1-3-5(6)7(10)8-11;9-7(8-10)6-4-2-1-3-5-6/h1-11,18H,(H,16,17);1-6,13-14H,7-8H2,(H,12,15);2-7,12H,1H3,(H,11,13);1-6,13H,(H,11,12);1-6,12H,10H2,(H,11,13);1-5,11-12,14H,(H,10,13);1-5,12H,6-7H2,(H,10,11);1-7,12H,(H,10,11);1-5H,(H,10,11);1-4,9,11H,(H,8,10);1-5,10H,(H,8,9)/b11-8+;6-3+;7-4+;2*6-3+;4-2+;;7-6+;;;. The Bertz CT molecular complexity index is 5940. The SMILES string of the molecule is CNC(=O)/C=C/c1ccc(O)cc1.NNC(=O)/C=C/c1ccc(O)cc1.O=C(/C=C/c1ccc(-c2ccccc2)cc1)NO.O=C(/C=C/c1ccc(F)cc1)NO.O=C(/C=C/c1ccc(O)c(O)c1)NO.O=C(/C=C/c1ccc(O)cc1)NCCO.O=C(/C=C/c1ccccc1)NO.O=C(CCc1ccccc1)NO.O=C(NO)c1ccccc1.O=C(NO)c1ccccc1O.O=C(O)C#Cc1ccccc1. The van der Waals surface area contributed by atoms with E-state index in [9.17, 15) is 57.1 Å². The molecule has 0 aromatic heterocycles. The van der Waals surface area contributed by atoms with Crippen molar-refractivity contribution in [3.63, 3.8) is 0 Å². The first-order chi connectivity index (χ1) is 68.3. The first-order valence-electron chi connectivity index (χ1n) is 41.3. The monoisotopic (exact) mass is 1940 g/mol. The van der Waals surface area contributed by atoms with Crippen LogP contribution in [-0.2, 0) is 49.6 Å². The van der Waals surface area contributed by atoms with Crippen molar-refractivity contribution < 1.29 is 134 Å². The number of carbonyl (C=O) groups is 11. The summed E-state index contributed by atoms with van der Waals surface area (Å²) in [7, 11) is 1.57. The number of hydrogen-bond acceptors (Lipinski definition) is 26. The number of hydroxylamine groups is 7. The quantitative estimate of drug-likeness (QED) is 0.00570. The van der Waals surface area contributed by atoms with Crippen molar-refractivity contribution in [1.82, 2.24) is 54.4 Å². The second-order valence-corrected chi connectivity index (χ2v) is 27.1. The zero-order valence-corrected chi connectivity index (χ0v) is 75.6. The van der Waals surface area contributed by atoms with Gasteiger partial charge in [0.25, 0.3) is 41.4 Å². The summed E-state index contributed by atoms with van der Waals surface area (Å²) >= 11 is 0. The molecule has 0 atom stereocenters. The molecular weight excluding hydrogens is 1840 g/mol. The maximum atomic E-state index is 12.4. The van der Waals surface area contributed by atoms with Crippen LogP contribution < -0.4 is 60.3 Å². The number of phenolic OH excluding ortho intramolecular Hbond substituents is 6. The molecule has 0 radical (unpaired) electrons. The van der Waals surface area contributed by atoms with E-state index in [0.29, 0.717) is 29.5 Å². The summed E-state index contributed by atoms with van der Waals surface area (Å²) in [5.74, 6) is 3.24. The van der Waals surface area contributed by atoms with Crippen LogP contribution in [0.5, 0.6) is 34.5 Å². The number of aromatic hydroxyl groups is 6. The lowest BCUT2D eigenvalue weighted by Crippen LogP contribution is -2.27. The smallest absolute Gasteiger partial charge is 0.382 e. The zero-order chi connectivity index (χ0) is 105. The van der Waals surface area contributed by atoms with Crippen LogP contribution in [0.4, 0.5) is 4.39 Å². The average Bonchev–Trinajstić information content (AvgIpc) is 0.858. The Kier molecular flexibility index (Phi) is 61.4. The van der Waals surface area contributed by atoms with Gasteiger partial charge in [0.2, 0.25) is 17.7 Å². The van der Waals surface area contributed by atoms with Gasteiger partial charge in [0, 0.05) is 79.6 Å². The molecule has 0 heterocycles. The van der Waals surface area contributed by atoms with Crippen molar-refractivity contribution in [2.24, 2.45) is 5.84 Å². The van der Waals surface area contributed by atoms with E-state index in [0.717, 1.165) is 62.2 Å². The third-order valence-corrected chi connectivity index (χ3v) is 16.7. The van der Waals surface area contributed by atoms with Gasteiger partial charge in [-0.2, -0.15) is 0 Å². The number of aliphatic hydroxyl groups excluding tert-OH is 1. The number of amides is 10. The number of hydrazine groups is 1. The van der Waals surface area contributed by atoms with E-state index in [-0.39, 0.29) is 82.7 Å². The Labute approximate surface area is 813 Å². The van der Waals surface area contributed by atoms with E-state index in [1.807, 2.05) is 145 Å². The normalized spacial score (nSPS) is 9.88. The van der Waals surface area contributed by atoms with Gasteiger partial charge in [-0.05, 0) is 202 Å². The Balaban J connectivity index is 0.000000530. The fraction of sp³-hybridized carbons (Fsp3) is 0.0481. The van der Waals surface area contributed by atoms with Gasteiger partial charge in [-0.1, -0.05) is 224 Å². The minimum absolute atomic E-state index is 0.0509. The molecule has 142 heavy (non-hydrogen) atoms. The van der Waals surface area contributed by atoms with Crippen LogP contribution in [0.15, 0.2) is 358 Å². The maximum Gasteiger partial charge on any atom is 0.382 e. The van der Waals surface area contributed by atoms with E-state index in [1.165, 1.54) is 119 Å². The highest BCUT2D eigenvalue weighted by Crippen LogP contribution is 2.26. The van der Waals surface area contributed by atoms with Crippen molar-refractivity contribution in [2.45, 2.75) is 12.8 Å². The molecule has 0 unspecified atom stereocenters. The number of hydrogen-bond donors (Lipinski definition) is 26. The minimum atomic E-state index is -1.10. The van der Waals surface area contributed by atoms with Crippen molar-refractivity contribution >= 4 is 108 Å². The number of carbonyl (C=O) groups excluding carboxylic acids is 10. The number of likely N-dealkylation sites (N-methyl/N-ethyl adjacent to an activating group) is 1. The van der Waals surface area contributed by atoms with E-state index in [2.05, 4.69) is 16.6 Å². The number of nitrogens with one attached hydrogen (secondary N) is 10. The fourth-order valence-corrected chi connectivity index (χ4v) is 9.66. The van der Waals surface area contributed by atoms with Crippen LogP contribution in [0.2, 0.25) is 0 Å². The van der Waals surface area contributed by atoms with Crippen molar-refractivity contribution in [2.75, 3.05) is 20.2 Å². The predicted octanol–water partition coefficient (Wildman–Crippen LogP) is 11.7. The highest BCUT2D eigenvalue weighted by molar-refractivity contribution is 5.97.